The number of sulfonamides is 1. The second-order valence-corrected chi connectivity index (χ2v) is 8.25. The Morgan fingerprint density at radius 2 is 2.10 bits per heavy atom. The van der Waals surface area contributed by atoms with Crippen LogP contribution in [0.15, 0.2) is 33.2 Å². The molecule has 0 saturated carbocycles. The van der Waals surface area contributed by atoms with Crippen molar-refractivity contribution in [1.29, 1.82) is 0 Å². The van der Waals surface area contributed by atoms with Crippen LogP contribution in [0.25, 0.3) is 0 Å². The van der Waals surface area contributed by atoms with E-state index in [1.54, 1.807) is 22.8 Å². The Morgan fingerprint density at radius 1 is 1.24 bits per heavy atom. The molecule has 7 heteroatoms. The molecule has 21 heavy (non-hydrogen) atoms. The lowest BCUT2D eigenvalue weighted by Gasteiger charge is -2.04. The van der Waals surface area contributed by atoms with Crippen molar-refractivity contribution in [1.82, 2.24) is 10.0 Å². The summed E-state index contributed by atoms with van der Waals surface area (Å²) in [6.45, 7) is 4.20. The summed E-state index contributed by atoms with van der Waals surface area (Å²) >= 11 is 3.10. The maximum absolute atomic E-state index is 12.2. The number of hydrogen-bond acceptors (Lipinski definition) is 5. The van der Waals surface area contributed by atoms with Gasteiger partial charge >= 0.3 is 0 Å². The van der Waals surface area contributed by atoms with Crippen LogP contribution in [-0.2, 0) is 23.0 Å². The number of nitrogens with one attached hydrogen (secondary N) is 2. The Balaban J connectivity index is 1.86. The molecule has 0 atom stereocenters. The Morgan fingerprint density at radius 3 is 2.81 bits per heavy atom. The smallest absolute Gasteiger partial charge is 0.241 e. The zero-order chi connectivity index (χ0) is 15.1. The molecule has 2 aromatic rings. The minimum atomic E-state index is -3.39. The average Bonchev–Trinajstić information content (AvgIpc) is 3.10. The highest BCUT2D eigenvalue weighted by atomic mass is 32.2. The Hall–Kier alpha value is -0.730. The second-order valence-electron chi connectivity index (χ2n) is 4.70. The molecule has 0 amide bonds. The van der Waals surface area contributed by atoms with E-state index in [4.69, 9.17) is 0 Å². The van der Waals surface area contributed by atoms with E-state index in [2.05, 4.69) is 17.0 Å². The van der Waals surface area contributed by atoms with Crippen LogP contribution in [0.3, 0.4) is 0 Å². The number of hydrogen-bond donors (Lipinski definition) is 2. The first-order valence-electron chi connectivity index (χ1n) is 6.90. The molecule has 0 aromatic carbocycles. The molecule has 0 fully saturated rings. The van der Waals surface area contributed by atoms with Crippen molar-refractivity contribution in [2.24, 2.45) is 0 Å². The summed E-state index contributed by atoms with van der Waals surface area (Å²) in [6, 6.07) is 3.77. The summed E-state index contributed by atoms with van der Waals surface area (Å²) in [5.74, 6) is 0. The van der Waals surface area contributed by atoms with Crippen molar-refractivity contribution < 1.29 is 8.42 Å². The van der Waals surface area contributed by atoms with E-state index in [9.17, 15) is 8.42 Å². The van der Waals surface area contributed by atoms with Crippen molar-refractivity contribution in [3.05, 3.63) is 38.7 Å². The third-order valence-corrected chi connectivity index (χ3v) is 6.21. The van der Waals surface area contributed by atoms with Crippen molar-refractivity contribution in [3.8, 4) is 0 Å². The maximum atomic E-state index is 12.2. The van der Waals surface area contributed by atoms with Gasteiger partial charge in [-0.3, -0.25) is 0 Å². The second kappa shape index (κ2) is 8.05. The van der Waals surface area contributed by atoms with Crippen LogP contribution in [0.1, 0.15) is 23.8 Å². The third-order valence-electron chi connectivity index (χ3n) is 2.95. The molecule has 0 aliphatic carbocycles. The molecule has 0 saturated heterocycles. The predicted octanol–water partition coefficient (Wildman–Crippen LogP) is 2.83. The highest BCUT2D eigenvalue weighted by Crippen LogP contribution is 2.19. The van der Waals surface area contributed by atoms with E-state index in [-0.39, 0.29) is 0 Å². The molecule has 2 N–H and O–H groups in total. The van der Waals surface area contributed by atoms with Crippen LogP contribution >= 0.6 is 22.7 Å². The van der Waals surface area contributed by atoms with Gasteiger partial charge in [-0.25, -0.2) is 13.1 Å². The van der Waals surface area contributed by atoms with Crippen molar-refractivity contribution in [3.63, 3.8) is 0 Å². The van der Waals surface area contributed by atoms with E-state index >= 15 is 0 Å². The van der Waals surface area contributed by atoms with E-state index in [0.717, 1.165) is 36.4 Å². The van der Waals surface area contributed by atoms with Gasteiger partial charge in [-0.2, -0.15) is 11.3 Å². The molecular formula is C14H20N2O2S3. The summed E-state index contributed by atoms with van der Waals surface area (Å²) in [5, 5.41) is 9.01. The topological polar surface area (TPSA) is 58.2 Å². The average molecular weight is 345 g/mol. The van der Waals surface area contributed by atoms with Gasteiger partial charge in [0.1, 0.15) is 0 Å². The molecule has 0 aliphatic heterocycles. The zero-order valence-electron chi connectivity index (χ0n) is 12.0. The Bertz CT molecular complexity index is 633. The van der Waals surface area contributed by atoms with Gasteiger partial charge in [0.2, 0.25) is 10.0 Å². The fraction of sp³-hybridized carbons (Fsp3) is 0.429. The molecule has 116 valence electrons. The standard InChI is InChI=1S/C14H20N2O2S3/c1-2-5-15-9-13-8-14(11-20-13)21(17,18)16-6-3-12-4-7-19-10-12/h4,7-8,10-11,15-16H,2-3,5-6,9H2,1H3. The quantitative estimate of drug-likeness (QED) is 0.688. The van der Waals surface area contributed by atoms with Gasteiger partial charge in [-0.05, 0) is 47.8 Å². The van der Waals surface area contributed by atoms with E-state index < -0.39 is 10.0 Å². The van der Waals surface area contributed by atoms with Crippen molar-refractivity contribution in [2.75, 3.05) is 13.1 Å². The summed E-state index contributed by atoms with van der Waals surface area (Å²) in [6.07, 6.45) is 1.79. The third kappa shape index (κ3) is 5.19. The van der Waals surface area contributed by atoms with Gasteiger partial charge in [0.15, 0.2) is 0 Å². The Kier molecular flexibility index (Phi) is 6.38. The van der Waals surface area contributed by atoms with Gasteiger partial charge in [-0.15, -0.1) is 11.3 Å². The molecule has 2 aromatic heterocycles. The van der Waals surface area contributed by atoms with E-state index in [1.807, 2.05) is 16.8 Å². The van der Waals surface area contributed by atoms with Crippen molar-refractivity contribution in [2.45, 2.75) is 31.2 Å². The molecule has 0 spiro atoms. The number of rotatable bonds is 9. The fourth-order valence-corrected chi connectivity index (χ4v) is 4.81. The van der Waals surface area contributed by atoms with E-state index in [1.165, 1.54) is 11.3 Å². The first-order valence-corrected chi connectivity index (χ1v) is 10.2. The monoisotopic (exact) mass is 344 g/mol. The molecule has 2 rings (SSSR count). The highest BCUT2D eigenvalue weighted by molar-refractivity contribution is 7.89. The van der Waals surface area contributed by atoms with Gasteiger partial charge in [0.25, 0.3) is 0 Å². The summed E-state index contributed by atoms with van der Waals surface area (Å²) < 4.78 is 27.0. The molecule has 2 heterocycles. The largest absolute Gasteiger partial charge is 0.312 e. The number of thiophene rings is 2. The van der Waals surface area contributed by atoms with Crippen LogP contribution in [0, 0.1) is 0 Å². The van der Waals surface area contributed by atoms with Crippen LogP contribution in [0.5, 0.6) is 0 Å². The van der Waals surface area contributed by atoms with Crippen LogP contribution < -0.4 is 10.0 Å². The normalized spacial score (nSPS) is 11.9. The lowest BCUT2D eigenvalue weighted by Crippen LogP contribution is -2.25. The first-order chi connectivity index (χ1) is 10.1. The summed E-state index contributed by atoms with van der Waals surface area (Å²) in [7, 11) is -3.39. The van der Waals surface area contributed by atoms with Gasteiger partial charge in [-0.1, -0.05) is 6.92 Å². The predicted molar refractivity (Wildman–Crippen MR) is 89.5 cm³/mol. The van der Waals surface area contributed by atoms with Gasteiger partial charge < -0.3 is 5.32 Å². The van der Waals surface area contributed by atoms with Crippen molar-refractivity contribution >= 4 is 32.7 Å². The minimum absolute atomic E-state index is 0.367. The van der Waals surface area contributed by atoms with E-state index in [0.29, 0.717) is 11.4 Å². The molecule has 0 radical (unpaired) electrons. The fourth-order valence-electron chi connectivity index (χ4n) is 1.83. The highest BCUT2D eigenvalue weighted by Gasteiger charge is 2.15. The minimum Gasteiger partial charge on any atom is -0.312 e. The molecular weight excluding hydrogens is 324 g/mol. The van der Waals surface area contributed by atoms with Crippen LogP contribution in [0.4, 0.5) is 0 Å². The lowest BCUT2D eigenvalue weighted by molar-refractivity contribution is 0.582. The summed E-state index contributed by atoms with van der Waals surface area (Å²) in [5.41, 5.74) is 1.16. The lowest BCUT2D eigenvalue weighted by atomic mass is 10.2. The summed E-state index contributed by atoms with van der Waals surface area (Å²) in [4.78, 5) is 1.41. The van der Waals surface area contributed by atoms with Crippen LogP contribution in [-0.4, -0.2) is 21.5 Å². The molecule has 0 aliphatic rings. The van der Waals surface area contributed by atoms with Gasteiger partial charge in [0, 0.05) is 23.3 Å². The maximum Gasteiger partial charge on any atom is 0.241 e. The zero-order valence-corrected chi connectivity index (χ0v) is 14.4. The van der Waals surface area contributed by atoms with Crippen LogP contribution in [0.2, 0.25) is 0 Å². The molecule has 0 unspecified atom stereocenters. The molecule has 0 bridgehead atoms. The molecule has 4 nitrogen and oxygen atoms in total. The van der Waals surface area contributed by atoms with Gasteiger partial charge in [0.05, 0.1) is 4.90 Å². The Labute approximate surface area is 134 Å². The first kappa shape index (κ1) is 16.6. The SMILES string of the molecule is CCCNCc1cc(S(=O)(=O)NCCc2ccsc2)cs1.